The van der Waals surface area contributed by atoms with Crippen LogP contribution in [0.5, 0.6) is 5.75 Å². The Labute approximate surface area is 159 Å². The van der Waals surface area contributed by atoms with Crippen molar-refractivity contribution in [1.82, 2.24) is 0 Å². The Morgan fingerprint density at radius 3 is 2.43 bits per heavy atom. The maximum Gasteiger partial charge on any atom is 0.433 e. The van der Waals surface area contributed by atoms with Crippen LogP contribution in [0.15, 0.2) is 71.1 Å². The van der Waals surface area contributed by atoms with Gasteiger partial charge in [-0.1, -0.05) is 24.3 Å². The molecule has 2 amide bonds. The fraction of sp³-hybridized carbons (Fsp3) is 0.0526. The van der Waals surface area contributed by atoms with Gasteiger partial charge in [-0.2, -0.15) is 0 Å². The third-order valence-electron chi connectivity index (χ3n) is 3.51. The minimum absolute atomic E-state index is 0.194. The summed E-state index contributed by atoms with van der Waals surface area (Å²) in [4.78, 5) is 33.9. The molecule has 0 spiro atoms. The SMILES string of the molecule is O=C(COc1cccc(NC(=O)c2ccc([N+](=O)[O-])o2)c1)Nc1ccccc1. The average Bonchev–Trinajstić information content (AvgIpc) is 3.18. The molecule has 0 bridgehead atoms. The van der Waals surface area contributed by atoms with E-state index >= 15 is 0 Å². The number of nitrogens with zero attached hydrogens (tertiary/aromatic N) is 1. The summed E-state index contributed by atoms with van der Waals surface area (Å²) in [6.45, 7) is -0.212. The Balaban J connectivity index is 1.56. The van der Waals surface area contributed by atoms with Crippen molar-refractivity contribution in [1.29, 1.82) is 0 Å². The van der Waals surface area contributed by atoms with Gasteiger partial charge in [0.05, 0.1) is 6.07 Å². The zero-order valence-electron chi connectivity index (χ0n) is 14.5. The summed E-state index contributed by atoms with van der Waals surface area (Å²) < 4.78 is 10.3. The molecule has 0 unspecified atom stereocenters. The van der Waals surface area contributed by atoms with Crippen molar-refractivity contribution in [2.75, 3.05) is 17.2 Å². The van der Waals surface area contributed by atoms with Crippen LogP contribution in [0.4, 0.5) is 17.3 Å². The van der Waals surface area contributed by atoms with Crippen LogP contribution in [0.1, 0.15) is 10.6 Å². The highest BCUT2D eigenvalue weighted by Crippen LogP contribution is 2.20. The number of hydrogen-bond acceptors (Lipinski definition) is 6. The Hall–Kier alpha value is -4.14. The van der Waals surface area contributed by atoms with Crippen molar-refractivity contribution in [3.05, 3.63) is 82.6 Å². The second-order valence-corrected chi connectivity index (χ2v) is 5.58. The summed E-state index contributed by atoms with van der Waals surface area (Å²) in [5, 5.41) is 15.8. The van der Waals surface area contributed by atoms with E-state index in [1.165, 1.54) is 12.1 Å². The fourth-order valence-corrected chi connectivity index (χ4v) is 2.27. The van der Waals surface area contributed by atoms with E-state index in [9.17, 15) is 19.7 Å². The summed E-state index contributed by atoms with van der Waals surface area (Å²) >= 11 is 0. The highest BCUT2D eigenvalue weighted by atomic mass is 16.6. The molecule has 142 valence electrons. The fourth-order valence-electron chi connectivity index (χ4n) is 2.27. The topological polar surface area (TPSA) is 124 Å². The lowest BCUT2D eigenvalue weighted by molar-refractivity contribution is -0.402. The van der Waals surface area contributed by atoms with Crippen LogP contribution in [0.3, 0.4) is 0 Å². The van der Waals surface area contributed by atoms with Crippen molar-refractivity contribution in [2.24, 2.45) is 0 Å². The van der Waals surface area contributed by atoms with Crippen molar-refractivity contribution >= 4 is 29.1 Å². The first kappa shape index (κ1) is 18.6. The molecular formula is C19H15N3O6. The predicted molar refractivity (Wildman–Crippen MR) is 100 cm³/mol. The van der Waals surface area contributed by atoms with E-state index < -0.39 is 16.7 Å². The minimum Gasteiger partial charge on any atom is -0.484 e. The molecule has 28 heavy (non-hydrogen) atoms. The van der Waals surface area contributed by atoms with Gasteiger partial charge in [-0.3, -0.25) is 19.7 Å². The summed E-state index contributed by atoms with van der Waals surface area (Å²) in [5.41, 5.74) is 1.04. The first-order chi connectivity index (χ1) is 13.5. The molecule has 3 rings (SSSR count). The van der Waals surface area contributed by atoms with Crippen molar-refractivity contribution in [2.45, 2.75) is 0 Å². The number of carbonyl (C=O) groups is 2. The van der Waals surface area contributed by atoms with E-state index in [0.717, 1.165) is 6.07 Å². The Kier molecular flexibility index (Phi) is 5.66. The smallest absolute Gasteiger partial charge is 0.433 e. The van der Waals surface area contributed by atoms with E-state index in [2.05, 4.69) is 10.6 Å². The largest absolute Gasteiger partial charge is 0.484 e. The second kappa shape index (κ2) is 8.49. The molecule has 0 saturated heterocycles. The average molecular weight is 381 g/mol. The molecule has 0 aliphatic rings. The molecule has 9 nitrogen and oxygen atoms in total. The van der Waals surface area contributed by atoms with Crippen LogP contribution in [0.25, 0.3) is 0 Å². The number of benzene rings is 2. The van der Waals surface area contributed by atoms with Gasteiger partial charge in [0.1, 0.15) is 10.7 Å². The highest BCUT2D eigenvalue weighted by Gasteiger charge is 2.17. The second-order valence-electron chi connectivity index (χ2n) is 5.58. The minimum atomic E-state index is -0.730. The van der Waals surface area contributed by atoms with Gasteiger partial charge in [0, 0.05) is 17.4 Å². The number of para-hydroxylation sites is 1. The van der Waals surface area contributed by atoms with Crippen LogP contribution in [0, 0.1) is 10.1 Å². The number of rotatable bonds is 7. The lowest BCUT2D eigenvalue weighted by atomic mass is 10.3. The molecule has 0 aliphatic heterocycles. The van der Waals surface area contributed by atoms with E-state index in [1.54, 1.807) is 42.5 Å². The summed E-state index contributed by atoms with van der Waals surface area (Å²) in [6.07, 6.45) is 0. The lowest BCUT2D eigenvalue weighted by Crippen LogP contribution is -2.20. The molecule has 2 N–H and O–H groups in total. The molecule has 9 heteroatoms. The first-order valence-corrected chi connectivity index (χ1v) is 8.14. The molecule has 0 aliphatic carbocycles. The van der Waals surface area contributed by atoms with E-state index in [4.69, 9.17) is 9.15 Å². The molecule has 0 radical (unpaired) electrons. The lowest BCUT2D eigenvalue weighted by Gasteiger charge is -2.09. The summed E-state index contributed by atoms with van der Waals surface area (Å²) in [5.74, 6) is -1.33. The molecule has 3 aromatic rings. The number of furan rings is 1. The maximum absolute atomic E-state index is 12.1. The zero-order chi connectivity index (χ0) is 19.9. The van der Waals surface area contributed by atoms with Gasteiger partial charge in [-0.25, -0.2) is 0 Å². The van der Waals surface area contributed by atoms with Gasteiger partial charge in [0.2, 0.25) is 0 Å². The van der Waals surface area contributed by atoms with Crippen LogP contribution in [-0.4, -0.2) is 23.3 Å². The molecule has 2 aromatic carbocycles. The van der Waals surface area contributed by atoms with Gasteiger partial charge in [0.15, 0.2) is 12.4 Å². The zero-order valence-corrected chi connectivity index (χ0v) is 14.5. The van der Waals surface area contributed by atoms with Crippen LogP contribution in [0.2, 0.25) is 0 Å². The van der Waals surface area contributed by atoms with E-state index in [1.807, 2.05) is 6.07 Å². The monoisotopic (exact) mass is 381 g/mol. The molecule has 0 fully saturated rings. The van der Waals surface area contributed by atoms with Crippen molar-refractivity contribution < 1.29 is 23.7 Å². The number of amides is 2. The maximum atomic E-state index is 12.1. The number of nitro groups is 1. The number of carbonyl (C=O) groups excluding carboxylic acids is 2. The van der Waals surface area contributed by atoms with Gasteiger partial charge < -0.3 is 19.8 Å². The van der Waals surface area contributed by atoms with Gasteiger partial charge in [-0.15, -0.1) is 0 Å². The van der Waals surface area contributed by atoms with Gasteiger partial charge in [-0.05, 0) is 30.3 Å². The van der Waals surface area contributed by atoms with Crippen molar-refractivity contribution in [3.63, 3.8) is 0 Å². The standard InChI is InChI=1S/C19H15N3O6/c23-17(20-13-5-2-1-3-6-13)12-27-15-8-4-7-14(11-15)21-19(24)16-9-10-18(28-16)22(25)26/h1-11H,12H2,(H,20,23)(H,21,24). The molecule has 1 aromatic heterocycles. The first-order valence-electron chi connectivity index (χ1n) is 8.14. The predicted octanol–water partition coefficient (Wildman–Crippen LogP) is 3.46. The Bertz CT molecular complexity index is 1000. The molecule has 0 atom stereocenters. The summed E-state index contributed by atoms with van der Waals surface area (Å²) in [6, 6.07) is 17.6. The van der Waals surface area contributed by atoms with Crippen LogP contribution < -0.4 is 15.4 Å². The van der Waals surface area contributed by atoms with Gasteiger partial charge in [0.25, 0.3) is 11.8 Å². The third kappa shape index (κ3) is 4.94. The Morgan fingerprint density at radius 2 is 1.71 bits per heavy atom. The molecule has 1 heterocycles. The van der Waals surface area contributed by atoms with Crippen molar-refractivity contribution in [3.8, 4) is 5.75 Å². The highest BCUT2D eigenvalue weighted by molar-refractivity contribution is 6.02. The van der Waals surface area contributed by atoms with Crippen LogP contribution >= 0.6 is 0 Å². The third-order valence-corrected chi connectivity index (χ3v) is 3.51. The number of anilines is 2. The number of ether oxygens (including phenoxy) is 1. The van der Waals surface area contributed by atoms with Crippen LogP contribution in [-0.2, 0) is 4.79 Å². The van der Waals surface area contributed by atoms with E-state index in [0.29, 0.717) is 17.1 Å². The van der Waals surface area contributed by atoms with Gasteiger partial charge >= 0.3 is 5.88 Å². The molecule has 0 saturated carbocycles. The quantitative estimate of drug-likeness (QED) is 0.477. The normalized spacial score (nSPS) is 10.1. The summed E-state index contributed by atoms with van der Waals surface area (Å²) in [7, 11) is 0. The molecular weight excluding hydrogens is 366 g/mol. The number of hydrogen-bond donors (Lipinski definition) is 2. The number of nitrogens with one attached hydrogen (secondary N) is 2. The Morgan fingerprint density at radius 1 is 0.964 bits per heavy atom. The van der Waals surface area contributed by atoms with E-state index in [-0.39, 0.29) is 18.3 Å².